The van der Waals surface area contributed by atoms with Crippen LogP contribution in [-0.4, -0.2) is 70.4 Å². The highest BCUT2D eigenvalue weighted by Crippen LogP contribution is 2.28. The Morgan fingerprint density at radius 3 is 2.45 bits per heavy atom. The Morgan fingerprint density at radius 1 is 1.10 bits per heavy atom. The van der Waals surface area contributed by atoms with Gasteiger partial charge in [-0.05, 0) is 58.6 Å². The van der Waals surface area contributed by atoms with Crippen molar-refractivity contribution in [2.75, 3.05) is 19.7 Å². The molecule has 1 N–H and O–H groups in total. The van der Waals surface area contributed by atoms with Gasteiger partial charge < -0.3 is 19.5 Å². The fourth-order valence-electron chi connectivity index (χ4n) is 4.03. The van der Waals surface area contributed by atoms with Crippen LogP contribution in [0.25, 0.3) is 0 Å². The van der Waals surface area contributed by atoms with Crippen molar-refractivity contribution in [2.45, 2.75) is 70.2 Å². The molecule has 0 bridgehead atoms. The topological polar surface area (TPSA) is 79.3 Å². The van der Waals surface area contributed by atoms with Crippen LogP contribution >= 0.6 is 0 Å². The lowest BCUT2D eigenvalue weighted by molar-refractivity contribution is -0.139. The monoisotopic (exact) mass is 404 g/mol. The second kappa shape index (κ2) is 9.03. The van der Waals surface area contributed by atoms with E-state index in [1.54, 1.807) is 4.90 Å². The Balaban J connectivity index is 1.62. The Labute approximate surface area is 172 Å². The zero-order valence-corrected chi connectivity index (χ0v) is 17.5. The van der Waals surface area contributed by atoms with Gasteiger partial charge in [0, 0.05) is 13.1 Å². The maximum atomic E-state index is 13.2. The van der Waals surface area contributed by atoms with Crippen LogP contribution in [-0.2, 0) is 9.53 Å². The summed E-state index contributed by atoms with van der Waals surface area (Å²) < 4.78 is 11.1. The lowest BCUT2D eigenvalue weighted by Crippen LogP contribution is -2.53. The number of hydrogen-bond acceptors (Lipinski definition) is 5. The molecule has 2 saturated heterocycles. The summed E-state index contributed by atoms with van der Waals surface area (Å²) in [4.78, 5) is 29.0. The van der Waals surface area contributed by atoms with Gasteiger partial charge in [0.15, 0.2) is 0 Å². The van der Waals surface area contributed by atoms with Crippen molar-refractivity contribution in [2.24, 2.45) is 0 Å². The van der Waals surface area contributed by atoms with Crippen LogP contribution in [0.4, 0.5) is 4.79 Å². The highest BCUT2D eigenvalue weighted by molar-refractivity contribution is 5.86. The highest BCUT2D eigenvalue weighted by atomic mass is 16.6. The first-order chi connectivity index (χ1) is 13.8. The standard InChI is InChI=1S/C22H32N2O5/c1-22(2,3)29-21(27)24-14-8-12-18(24)20(26)23-13-7-11-17(23)19(25)15-28-16-9-5-4-6-10-16/h4-6,9-10,17-19,25H,7-8,11-15H2,1-3H3/t17-,18+,19?/m0/s1. The summed E-state index contributed by atoms with van der Waals surface area (Å²) >= 11 is 0. The number of likely N-dealkylation sites (tertiary alicyclic amines) is 2. The Morgan fingerprint density at radius 2 is 1.76 bits per heavy atom. The van der Waals surface area contributed by atoms with Crippen molar-refractivity contribution in [1.29, 1.82) is 0 Å². The van der Waals surface area contributed by atoms with Crippen molar-refractivity contribution in [3.8, 4) is 5.75 Å². The molecular formula is C22H32N2O5. The van der Waals surface area contributed by atoms with Crippen LogP contribution in [0.3, 0.4) is 0 Å². The summed E-state index contributed by atoms with van der Waals surface area (Å²) in [6.07, 6.45) is 1.73. The van der Waals surface area contributed by atoms with E-state index in [0.29, 0.717) is 25.3 Å². The molecule has 2 fully saturated rings. The summed E-state index contributed by atoms with van der Waals surface area (Å²) in [6, 6.07) is 8.50. The normalized spacial score (nSPS) is 23.2. The van der Waals surface area contributed by atoms with Crippen molar-refractivity contribution in [3.05, 3.63) is 30.3 Å². The minimum Gasteiger partial charge on any atom is -0.491 e. The van der Waals surface area contributed by atoms with E-state index in [-0.39, 0.29) is 18.6 Å². The van der Waals surface area contributed by atoms with E-state index in [2.05, 4.69) is 0 Å². The zero-order valence-electron chi connectivity index (χ0n) is 17.5. The predicted molar refractivity (Wildman–Crippen MR) is 109 cm³/mol. The lowest BCUT2D eigenvalue weighted by Gasteiger charge is -2.34. The number of aliphatic hydroxyl groups excluding tert-OH is 1. The van der Waals surface area contributed by atoms with Gasteiger partial charge in [-0.15, -0.1) is 0 Å². The van der Waals surface area contributed by atoms with Gasteiger partial charge in [0.2, 0.25) is 5.91 Å². The van der Waals surface area contributed by atoms with E-state index < -0.39 is 23.8 Å². The van der Waals surface area contributed by atoms with Crippen molar-refractivity contribution in [3.63, 3.8) is 0 Å². The third-order valence-corrected chi connectivity index (χ3v) is 5.36. The Hall–Kier alpha value is -2.28. The number of rotatable bonds is 5. The molecule has 1 aromatic rings. The van der Waals surface area contributed by atoms with Gasteiger partial charge >= 0.3 is 6.09 Å². The third-order valence-electron chi connectivity index (χ3n) is 5.36. The minimum absolute atomic E-state index is 0.102. The molecule has 7 heteroatoms. The van der Waals surface area contributed by atoms with E-state index in [1.165, 1.54) is 4.90 Å². The number of para-hydroxylation sites is 1. The van der Waals surface area contributed by atoms with Crippen molar-refractivity contribution >= 4 is 12.0 Å². The highest BCUT2D eigenvalue weighted by Gasteiger charge is 2.43. The van der Waals surface area contributed by atoms with E-state index in [1.807, 2.05) is 51.1 Å². The van der Waals surface area contributed by atoms with Crippen LogP contribution < -0.4 is 4.74 Å². The molecular weight excluding hydrogens is 372 g/mol. The zero-order chi connectivity index (χ0) is 21.0. The molecule has 3 rings (SSSR count). The molecule has 2 aliphatic rings. The molecule has 2 amide bonds. The molecule has 1 unspecified atom stereocenters. The second-order valence-corrected chi connectivity index (χ2v) is 8.76. The van der Waals surface area contributed by atoms with Gasteiger partial charge in [0.25, 0.3) is 0 Å². The number of nitrogens with zero attached hydrogens (tertiary/aromatic N) is 2. The molecule has 2 aliphatic heterocycles. The molecule has 0 spiro atoms. The van der Waals surface area contributed by atoms with E-state index in [4.69, 9.17) is 9.47 Å². The molecule has 0 aliphatic carbocycles. The van der Waals surface area contributed by atoms with Crippen LogP contribution in [0.1, 0.15) is 46.5 Å². The molecule has 0 saturated carbocycles. The number of ether oxygens (including phenoxy) is 2. The van der Waals surface area contributed by atoms with E-state index in [0.717, 1.165) is 19.3 Å². The van der Waals surface area contributed by atoms with Crippen molar-refractivity contribution < 1.29 is 24.2 Å². The average molecular weight is 405 g/mol. The minimum atomic E-state index is -0.780. The molecule has 0 radical (unpaired) electrons. The maximum absolute atomic E-state index is 13.2. The molecule has 1 aromatic carbocycles. The van der Waals surface area contributed by atoms with E-state index in [9.17, 15) is 14.7 Å². The Bertz CT molecular complexity index is 703. The fraction of sp³-hybridized carbons (Fsp3) is 0.636. The number of carbonyl (C=O) groups is 2. The van der Waals surface area contributed by atoms with Gasteiger partial charge in [-0.1, -0.05) is 18.2 Å². The molecule has 7 nitrogen and oxygen atoms in total. The molecule has 3 atom stereocenters. The SMILES string of the molecule is CC(C)(C)OC(=O)N1CCC[C@@H]1C(=O)N1CCC[C@H]1C(O)COc1ccccc1. The maximum Gasteiger partial charge on any atom is 0.410 e. The van der Waals surface area contributed by atoms with Crippen LogP contribution in [0.2, 0.25) is 0 Å². The van der Waals surface area contributed by atoms with E-state index >= 15 is 0 Å². The fourth-order valence-corrected chi connectivity index (χ4v) is 4.03. The molecule has 0 aromatic heterocycles. The van der Waals surface area contributed by atoms with Gasteiger partial charge in [-0.3, -0.25) is 9.69 Å². The second-order valence-electron chi connectivity index (χ2n) is 8.76. The van der Waals surface area contributed by atoms with Gasteiger partial charge in [-0.2, -0.15) is 0 Å². The summed E-state index contributed by atoms with van der Waals surface area (Å²) in [6.45, 7) is 6.68. The van der Waals surface area contributed by atoms with Gasteiger partial charge in [-0.25, -0.2) is 4.79 Å². The molecule has 2 heterocycles. The van der Waals surface area contributed by atoms with Crippen LogP contribution in [0, 0.1) is 0 Å². The quantitative estimate of drug-likeness (QED) is 0.816. The van der Waals surface area contributed by atoms with Gasteiger partial charge in [0.05, 0.1) is 6.04 Å². The van der Waals surface area contributed by atoms with Crippen molar-refractivity contribution in [1.82, 2.24) is 9.80 Å². The number of benzene rings is 1. The summed E-state index contributed by atoms with van der Waals surface area (Å²) in [5.74, 6) is 0.587. The summed E-state index contributed by atoms with van der Waals surface area (Å²) in [5.41, 5.74) is -0.603. The Kier molecular flexibility index (Phi) is 6.67. The summed E-state index contributed by atoms with van der Waals surface area (Å²) in [5, 5.41) is 10.7. The van der Waals surface area contributed by atoms with Gasteiger partial charge in [0.1, 0.15) is 30.1 Å². The smallest absolute Gasteiger partial charge is 0.410 e. The first-order valence-corrected chi connectivity index (χ1v) is 10.4. The lowest BCUT2D eigenvalue weighted by atomic mass is 10.1. The molecule has 160 valence electrons. The number of carbonyl (C=O) groups excluding carboxylic acids is 2. The first-order valence-electron chi connectivity index (χ1n) is 10.4. The third kappa shape index (κ3) is 5.41. The average Bonchev–Trinajstić information content (AvgIpc) is 3.34. The number of amides is 2. The largest absolute Gasteiger partial charge is 0.491 e. The molecule has 29 heavy (non-hydrogen) atoms. The first kappa shape index (κ1) is 21.4. The number of hydrogen-bond donors (Lipinski definition) is 1. The summed E-state index contributed by atoms with van der Waals surface area (Å²) in [7, 11) is 0. The van der Waals surface area contributed by atoms with Crippen LogP contribution in [0.15, 0.2) is 30.3 Å². The number of aliphatic hydroxyl groups is 1. The van der Waals surface area contributed by atoms with Crippen LogP contribution in [0.5, 0.6) is 5.75 Å². The predicted octanol–water partition coefficient (Wildman–Crippen LogP) is 2.82.